The molecule has 3 nitrogen and oxygen atoms in total. The van der Waals surface area contributed by atoms with E-state index in [0.717, 1.165) is 37.8 Å². The number of hydrogen-bond acceptors (Lipinski definition) is 4. The fraction of sp³-hybridized carbons (Fsp3) is 0.211. The van der Waals surface area contributed by atoms with Crippen LogP contribution in [0, 0.1) is 6.92 Å². The number of methoxy groups -OCH3 is 1. The molecule has 1 aromatic heterocycles. The molecule has 0 atom stereocenters. The molecule has 0 bridgehead atoms. The van der Waals surface area contributed by atoms with Gasteiger partial charge < -0.3 is 9.47 Å². The van der Waals surface area contributed by atoms with Crippen LogP contribution in [0.25, 0.3) is 21.8 Å². The highest BCUT2D eigenvalue weighted by atomic mass is 79.9. The Morgan fingerprint density at radius 2 is 1.75 bits per heavy atom. The van der Waals surface area contributed by atoms with Crippen LogP contribution in [0.1, 0.15) is 11.8 Å². The van der Waals surface area contributed by atoms with Crippen LogP contribution in [0.4, 0.5) is 0 Å². The molecule has 0 fully saturated rings. The fourth-order valence-electron chi connectivity index (χ4n) is 2.47. The van der Waals surface area contributed by atoms with Crippen LogP contribution in [0.5, 0.6) is 11.5 Å². The van der Waals surface area contributed by atoms with Crippen LogP contribution in [0.15, 0.2) is 46.9 Å². The van der Waals surface area contributed by atoms with Gasteiger partial charge in [-0.1, -0.05) is 28.1 Å². The van der Waals surface area contributed by atoms with Gasteiger partial charge in [0, 0.05) is 20.5 Å². The zero-order chi connectivity index (χ0) is 17.1. The zero-order valence-electron chi connectivity index (χ0n) is 13.8. The van der Waals surface area contributed by atoms with Crippen molar-refractivity contribution in [2.24, 2.45) is 0 Å². The number of halogens is 1. The summed E-state index contributed by atoms with van der Waals surface area (Å²) in [6.07, 6.45) is 0. The molecular weight excluding hydrogens is 386 g/mol. The van der Waals surface area contributed by atoms with Crippen molar-refractivity contribution in [3.05, 3.63) is 51.8 Å². The van der Waals surface area contributed by atoms with Crippen molar-refractivity contribution in [3.8, 4) is 33.3 Å². The number of benzene rings is 2. The number of aryl methyl sites for hydroxylation is 1. The Balaban J connectivity index is 1.99. The molecule has 124 valence electrons. The minimum atomic E-state index is 0.611. The predicted octanol–water partition coefficient (Wildman–Crippen LogP) is 5.96. The van der Waals surface area contributed by atoms with Crippen molar-refractivity contribution in [2.45, 2.75) is 13.8 Å². The Kier molecular flexibility index (Phi) is 5.21. The molecule has 0 aliphatic rings. The van der Waals surface area contributed by atoms with Crippen LogP contribution in [0.2, 0.25) is 0 Å². The summed E-state index contributed by atoms with van der Waals surface area (Å²) < 4.78 is 12.1. The van der Waals surface area contributed by atoms with E-state index in [4.69, 9.17) is 14.5 Å². The molecule has 0 aliphatic carbocycles. The molecule has 0 saturated carbocycles. The third-order valence-electron chi connectivity index (χ3n) is 3.62. The number of ether oxygens (including phenoxy) is 2. The van der Waals surface area contributed by atoms with Crippen molar-refractivity contribution in [3.63, 3.8) is 0 Å². The van der Waals surface area contributed by atoms with Crippen LogP contribution in [-0.4, -0.2) is 18.7 Å². The monoisotopic (exact) mass is 403 g/mol. The van der Waals surface area contributed by atoms with Gasteiger partial charge in [0.1, 0.15) is 5.01 Å². The second kappa shape index (κ2) is 7.36. The second-order valence-electron chi connectivity index (χ2n) is 5.23. The first kappa shape index (κ1) is 17.0. The maximum Gasteiger partial charge on any atom is 0.161 e. The summed E-state index contributed by atoms with van der Waals surface area (Å²) in [6.45, 7) is 4.67. The van der Waals surface area contributed by atoms with Gasteiger partial charge in [-0.3, -0.25) is 0 Å². The second-order valence-corrected chi connectivity index (χ2v) is 7.35. The lowest BCUT2D eigenvalue weighted by molar-refractivity contribution is 0.311. The molecule has 3 rings (SSSR count). The molecule has 1 heterocycles. The van der Waals surface area contributed by atoms with E-state index in [9.17, 15) is 0 Å². The van der Waals surface area contributed by atoms with Crippen molar-refractivity contribution in [2.75, 3.05) is 13.7 Å². The van der Waals surface area contributed by atoms with E-state index >= 15 is 0 Å². The minimum absolute atomic E-state index is 0.611. The van der Waals surface area contributed by atoms with E-state index in [1.54, 1.807) is 18.4 Å². The molecule has 24 heavy (non-hydrogen) atoms. The molecule has 5 heteroatoms. The van der Waals surface area contributed by atoms with E-state index in [-0.39, 0.29) is 0 Å². The van der Waals surface area contributed by atoms with Crippen molar-refractivity contribution >= 4 is 27.3 Å². The highest BCUT2D eigenvalue weighted by molar-refractivity contribution is 9.10. The standard InChI is InChI=1S/C19H18BrNO2S/c1-4-23-16-10-7-14(11-17(16)22-3)19-21-18(12(2)24-19)13-5-8-15(20)9-6-13/h5-11H,4H2,1-3H3. The number of rotatable bonds is 5. The van der Waals surface area contributed by atoms with Crippen LogP contribution in [0.3, 0.4) is 0 Å². The van der Waals surface area contributed by atoms with Crippen molar-refractivity contribution < 1.29 is 9.47 Å². The van der Waals surface area contributed by atoms with Crippen molar-refractivity contribution in [1.82, 2.24) is 4.98 Å². The average Bonchev–Trinajstić information content (AvgIpc) is 2.98. The van der Waals surface area contributed by atoms with Gasteiger partial charge in [0.25, 0.3) is 0 Å². The van der Waals surface area contributed by atoms with E-state index in [0.29, 0.717) is 6.61 Å². The Labute approximate surface area is 154 Å². The largest absolute Gasteiger partial charge is 0.493 e. The quantitative estimate of drug-likeness (QED) is 0.526. The first-order chi connectivity index (χ1) is 11.6. The molecule has 0 aliphatic heterocycles. The molecule has 0 amide bonds. The summed E-state index contributed by atoms with van der Waals surface area (Å²) in [4.78, 5) is 6.03. The summed E-state index contributed by atoms with van der Waals surface area (Å²) in [6, 6.07) is 14.2. The number of nitrogens with zero attached hydrogens (tertiary/aromatic N) is 1. The molecule has 0 spiro atoms. The molecule has 0 saturated heterocycles. The maximum atomic E-state index is 5.58. The first-order valence-electron chi connectivity index (χ1n) is 7.67. The topological polar surface area (TPSA) is 31.4 Å². The highest BCUT2D eigenvalue weighted by Gasteiger charge is 2.13. The van der Waals surface area contributed by atoms with E-state index in [1.165, 1.54) is 4.88 Å². The molecular formula is C19H18BrNO2S. The molecule has 0 unspecified atom stereocenters. The third kappa shape index (κ3) is 3.47. The average molecular weight is 404 g/mol. The Morgan fingerprint density at radius 1 is 1.04 bits per heavy atom. The normalized spacial score (nSPS) is 10.7. The number of thiazole rings is 1. The van der Waals surface area contributed by atoms with Gasteiger partial charge >= 0.3 is 0 Å². The fourth-order valence-corrected chi connectivity index (χ4v) is 3.67. The lowest BCUT2D eigenvalue weighted by Crippen LogP contribution is -1.95. The van der Waals surface area contributed by atoms with E-state index in [1.807, 2.05) is 37.3 Å². The van der Waals surface area contributed by atoms with E-state index < -0.39 is 0 Å². The SMILES string of the molecule is CCOc1ccc(-c2nc(-c3ccc(Br)cc3)c(C)s2)cc1OC. The van der Waals surface area contributed by atoms with E-state index in [2.05, 4.69) is 35.0 Å². The van der Waals surface area contributed by atoms with Gasteiger partial charge in [0.2, 0.25) is 0 Å². The smallest absolute Gasteiger partial charge is 0.161 e. The third-order valence-corrected chi connectivity index (χ3v) is 5.17. The molecule has 0 N–H and O–H groups in total. The lowest BCUT2D eigenvalue weighted by Gasteiger charge is -2.09. The van der Waals surface area contributed by atoms with Gasteiger partial charge in [0.05, 0.1) is 19.4 Å². The Bertz CT molecular complexity index is 843. The zero-order valence-corrected chi connectivity index (χ0v) is 16.2. The number of aromatic nitrogens is 1. The minimum Gasteiger partial charge on any atom is -0.493 e. The summed E-state index contributed by atoms with van der Waals surface area (Å²) in [7, 11) is 1.65. The predicted molar refractivity (Wildman–Crippen MR) is 103 cm³/mol. The van der Waals surface area contributed by atoms with Gasteiger partial charge in [-0.05, 0) is 44.2 Å². The van der Waals surface area contributed by atoms with Gasteiger partial charge in [-0.25, -0.2) is 4.98 Å². The summed E-state index contributed by atoms with van der Waals surface area (Å²) in [5, 5.41) is 0.978. The highest BCUT2D eigenvalue weighted by Crippen LogP contribution is 2.37. The Hall–Kier alpha value is -1.85. The molecule has 3 aromatic rings. The molecule has 0 radical (unpaired) electrons. The summed E-state index contributed by atoms with van der Waals surface area (Å²) >= 11 is 5.16. The lowest BCUT2D eigenvalue weighted by atomic mass is 10.1. The molecule has 2 aromatic carbocycles. The van der Waals surface area contributed by atoms with Crippen LogP contribution in [-0.2, 0) is 0 Å². The number of hydrogen-bond donors (Lipinski definition) is 0. The van der Waals surface area contributed by atoms with Gasteiger partial charge in [-0.15, -0.1) is 11.3 Å². The first-order valence-corrected chi connectivity index (χ1v) is 9.28. The Morgan fingerprint density at radius 3 is 2.42 bits per heavy atom. The summed E-state index contributed by atoms with van der Waals surface area (Å²) in [5.74, 6) is 1.48. The van der Waals surface area contributed by atoms with Crippen LogP contribution >= 0.6 is 27.3 Å². The van der Waals surface area contributed by atoms with Crippen molar-refractivity contribution in [1.29, 1.82) is 0 Å². The van der Waals surface area contributed by atoms with Gasteiger partial charge in [0.15, 0.2) is 11.5 Å². The maximum absolute atomic E-state index is 5.58. The van der Waals surface area contributed by atoms with Crippen LogP contribution < -0.4 is 9.47 Å². The summed E-state index contributed by atoms with van der Waals surface area (Å²) in [5.41, 5.74) is 3.18. The van der Waals surface area contributed by atoms with Gasteiger partial charge in [-0.2, -0.15) is 0 Å².